The number of carbonyl (C=O) groups excluding carboxylic acids is 1. The molecule has 0 spiro atoms. The van der Waals surface area contributed by atoms with Crippen LogP contribution >= 0.6 is 22.9 Å². The molecule has 0 bridgehead atoms. The van der Waals surface area contributed by atoms with Crippen LogP contribution in [-0.4, -0.2) is 16.9 Å². The Morgan fingerprint density at radius 1 is 1.47 bits per heavy atom. The number of rotatable bonds is 4. The predicted octanol–water partition coefficient (Wildman–Crippen LogP) is 3.47. The standard InChI is InChI=1S/C14H15ClN2OS/c1-9(8-11-6-5-10(2)19-11)17-14(18)12-4-3-7-16-13(12)15/h3-7,9H,8H2,1-2H3,(H,17,18). The molecule has 0 aliphatic heterocycles. The number of hydrogen-bond donors (Lipinski definition) is 1. The van der Waals surface area contributed by atoms with Crippen LogP contribution in [0.5, 0.6) is 0 Å². The van der Waals surface area contributed by atoms with Crippen molar-refractivity contribution in [3.8, 4) is 0 Å². The van der Waals surface area contributed by atoms with Gasteiger partial charge in [0, 0.05) is 28.4 Å². The van der Waals surface area contributed by atoms with E-state index in [-0.39, 0.29) is 17.1 Å². The Kier molecular flexibility index (Phi) is 4.56. The lowest BCUT2D eigenvalue weighted by Gasteiger charge is -2.13. The van der Waals surface area contributed by atoms with Gasteiger partial charge in [-0.15, -0.1) is 11.3 Å². The maximum Gasteiger partial charge on any atom is 0.254 e. The summed E-state index contributed by atoms with van der Waals surface area (Å²) in [6.45, 7) is 4.06. The molecule has 0 fully saturated rings. The zero-order chi connectivity index (χ0) is 13.8. The summed E-state index contributed by atoms with van der Waals surface area (Å²) < 4.78 is 0. The molecule has 1 atom stereocenters. The van der Waals surface area contributed by atoms with E-state index in [0.29, 0.717) is 5.56 Å². The summed E-state index contributed by atoms with van der Waals surface area (Å²) in [5.74, 6) is -0.182. The van der Waals surface area contributed by atoms with Crippen molar-refractivity contribution in [3.63, 3.8) is 0 Å². The molecule has 1 N–H and O–H groups in total. The van der Waals surface area contributed by atoms with E-state index in [1.165, 1.54) is 9.75 Å². The molecule has 1 unspecified atom stereocenters. The third-order valence-corrected chi connectivity index (χ3v) is 4.01. The highest BCUT2D eigenvalue weighted by Gasteiger charge is 2.14. The van der Waals surface area contributed by atoms with E-state index in [1.807, 2.05) is 6.92 Å². The van der Waals surface area contributed by atoms with Crippen LogP contribution in [0.4, 0.5) is 0 Å². The average molecular weight is 295 g/mol. The van der Waals surface area contributed by atoms with Crippen LogP contribution in [0.2, 0.25) is 5.15 Å². The molecule has 3 nitrogen and oxygen atoms in total. The molecule has 1 amide bonds. The Morgan fingerprint density at radius 3 is 2.89 bits per heavy atom. The molecular formula is C14H15ClN2OS. The van der Waals surface area contributed by atoms with Crippen LogP contribution < -0.4 is 5.32 Å². The first-order valence-electron chi connectivity index (χ1n) is 6.03. The zero-order valence-corrected chi connectivity index (χ0v) is 12.4. The van der Waals surface area contributed by atoms with Gasteiger partial charge in [0.15, 0.2) is 0 Å². The fourth-order valence-corrected chi connectivity index (χ4v) is 3.03. The Hall–Kier alpha value is -1.39. The first kappa shape index (κ1) is 14.0. The van der Waals surface area contributed by atoms with Crippen molar-refractivity contribution in [2.24, 2.45) is 0 Å². The molecule has 0 aromatic carbocycles. The second-order valence-electron chi connectivity index (χ2n) is 4.43. The molecule has 2 aromatic rings. The lowest BCUT2D eigenvalue weighted by atomic mass is 10.2. The van der Waals surface area contributed by atoms with Crippen molar-refractivity contribution in [2.75, 3.05) is 0 Å². The zero-order valence-electron chi connectivity index (χ0n) is 10.8. The summed E-state index contributed by atoms with van der Waals surface area (Å²) in [5, 5.41) is 3.17. The first-order valence-corrected chi connectivity index (χ1v) is 7.22. The van der Waals surface area contributed by atoms with Crippen molar-refractivity contribution in [1.82, 2.24) is 10.3 Å². The number of amides is 1. The minimum absolute atomic E-state index is 0.0572. The topological polar surface area (TPSA) is 42.0 Å². The summed E-state index contributed by atoms with van der Waals surface area (Å²) in [6, 6.07) is 7.62. The smallest absolute Gasteiger partial charge is 0.254 e. The maximum atomic E-state index is 12.0. The summed E-state index contributed by atoms with van der Waals surface area (Å²) in [4.78, 5) is 18.5. The number of nitrogens with one attached hydrogen (secondary N) is 1. The lowest BCUT2D eigenvalue weighted by Crippen LogP contribution is -2.34. The van der Waals surface area contributed by atoms with Gasteiger partial charge >= 0.3 is 0 Å². The maximum absolute atomic E-state index is 12.0. The summed E-state index contributed by atoms with van der Waals surface area (Å²) in [6.07, 6.45) is 2.39. The minimum atomic E-state index is -0.182. The van der Waals surface area contributed by atoms with E-state index in [2.05, 4.69) is 29.4 Å². The Labute approximate surface area is 121 Å². The highest BCUT2D eigenvalue weighted by molar-refractivity contribution is 7.11. The van der Waals surface area contributed by atoms with Crippen molar-refractivity contribution in [2.45, 2.75) is 26.3 Å². The number of pyridine rings is 1. The molecule has 0 aliphatic carbocycles. The van der Waals surface area contributed by atoms with E-state index in [0.717, 1.165) is 6.42 Å². The minimum Gasteiger partial charge on any atom is -0.349 e. The van der Waals surface area contributed by atoms with Crippen molar-refractivity contribution >= 4 is 28.8 Å². The van der Waals surface area contributed by atoms with E-state index >= 15 is 0 Å². The van der Waals surface area contributed by atoms with E-state index < -0.39 is 0 Å². The molecule has 0 radical (unpaired) electrons. The van der Waals surface area contributed by atoms with Crippen molar-refractivity contribution in [1.29, 1.82) is 0 Å². The fraction of sp³-hybridized carbons (Fsp3) is 0.286. The van der Waals surface area contributed by atoms with Gasteiger partial charge in [-0.1, -0.05) is 11.6 Å². The largest absolute Gasteiger partial charge is 0.349 e. The van der Waals surface area contributed by atoms with E-state index in [1.54, 1.807) is 29.7 Å². The molecule has 0 saturated carbocycles. The first-order chi connectivity index (χ1) is 9.06. The van der Waals surface area contributed by atoms with Gasteiger partial charge in [-0.25, -0.2) is 4.98 Å². The van der Waals surface area contributed by atoms with Crippen LogP contribution in [0.3, 0.4) is 0 Å². The Balaban J connectivity index is 1.97. The summed E-state index contributed by atoms with van der Waals surface area (Å²) >= 11 is 7.65. The van der Waals surface area contributed by atoms with Crippen LogP contribution in [0.1, 0.15) is 27.0 Å². The second-order valence-corrected chi connectivity index (χ2v) is 6.16. The van der Waals surface area contributed by atoms with Crippen LogP contribution in [0, 0.1) is 6.92 Å². The fourth-order valence-electron chi connectivity index (χ4n) is 1.80. The lowest BCUT2D eigenvalue weighted by molar-refractivity contribution is 0.0940. The van der Waals surface area contributed by atoms with Gasteiger partial charge in [-0.2, -0.15) is 0 Å². The van der Waals surface area contributed by atoms with Gasteiger partial charge < -0.3 is 5.32 Å². The average Bonchev–Trinajstić information content (AvgIpc) is 2.74. The third-order valence-electron chi connectivity index (χ3n) is 2.68. The molecule has 0 aliphatic rings. The number of halogens is 1. The Morgan fingerprint density at radius 2 is 2.26 bits per heavy atom. The molecular weight excluding hydrogens is 280 g/mol. The van der Waals surface area contributed by atoms with Gasteiger partial charge in [-0.05, 0) is 38.1 Å². The second kappa shape index (κ2) is 6.17. The van der Waals surface area contributed by atoms with Crippen molar-refractivity contribution < 1.29 is 4.79 Å². The van der Waals surface area contributed by atoms with Gasteiger partial charge in [0.25, 0.3) is 5.91 Å². The molecule has 19 heavy (non-hydrogen) atoms. The number of aryl methyl sites for hydroxylation is 1. The highest BCUT2D eigenvalue weighted by atomic mass is 35.5. The molecule has 2 rings (SSSR count). The molecule has 5 heteroatoms. The number of aromatic nitrogens is 1. The number of nitrogens with zero attached hydrogens (tertiary/aromatic N) is 1. The van der Waals surface area contributed by atoms with E-state index in [4.69, 9.17) is 11.6 Å². The highest BCUT2D eigenvalue weighted by Crippen LogP contribution is 2.17. The van der Waals surface area contributed by atoms with Crippen molar-refractivity contribution in [3.05, 3.63) is 50.9 Å². The van der Waals surface area contributed by atoms with Crippen LogP contribution in [0.15, 0.2) is 30.5 Å². The predicted molar refractivity (Wildman–Crippen MR) is 78.9 cm³/mol. The normalized spacial score (nSPS) is 12.2. The number of hydrogen-bond acceptors (Lipinski definition) is 3. The molecule has 0 saturated heterocycles. The van der Waals surface area contributed by atoms with Gasteiger partial charge in [-0.3, -0.25) is 4.79 Å². The molecule has 2 heterocycles. The summed E-state index contributed by atoms with van der Waals surface area (Å²) in [7, 11) is 0. The molecule has 100 valence electrons. The number of carbonyl (C=O) groups is 1. The molecule has 2 aromatic heterocycles. The van der Waals surface area contributed by atoms with Crippen LogP contribution in [-0.2, 0) is 6.42 Å². The quantitative estimate of drug-likeness (QED) is 0.877. The van der Waals surface area contributed by atoms with Gasteiger partial charge in [0.1, 0.15) is 5.15 Å². The SMILES string of the molecule is Cc1ccc(CC(C)NC(=O)c2cccnc2Cl)s1. The summed E-state index contributed by atoms with van der Waals surface area (Å²) in [5.41, 5.74) is 0.415. The van der Waals surface area contributed by atoms with Gasteiger partial charge in [0.05, 0.1) is 5.56 Å². The van der Waals surface area contributed by atoms with E-state index in [9.17, 15) is 4.79 Å². The number of thiophene rings is 1. The Bertz CT molecular complexity index is 582. The monoisotopic (exact) mass is 294 g/mol. The third kappa shape index (κ3) is 3.78. The van der Waals surface area contributed by atoms with Gasteiger partial charge in [0.2, 0.25) is 0 Å². The van der Waals surface area contributed by atoms with Crippen LogP contribution in [0.25, 0.3) is 0 Å².